The average molecular weight is 213 g/mol. The van der Waals surface area contributed by atoms with E-state index in [0.29, 0.717) is 18.2 Å². The summed E-state index contributed by atoms with van der Waals surface area (Å²) in [4.78, 5) is 0. The van der Waals surface area contributed by atoms with Crippen LogP contribution in [0.2, 0.25) is 0 Å². The molecular formula is C7H11BrF2. The lowest BCUT2D eigenvalue weighted by atomic mass is 9.88. The Kier molecular flexibility index (Phi) is 2.05. The van der Waals surface area contributed by atoms with E-state index in [9.17, 15) is 8.78 Å². The van der Waals surface area contributed by atoms with Gasteiger partial charge in [-0.15, -0.1) is 0 Å². The van der Waals surface area contributed by atoms with Gasteiger partial charge >= 0.3 is 0 Å². The van der Waals surface area contributed by atoms with Crippen molar-refractivity contribution in [3.8, 4) is 0 Å². The molecule has 0 aromatic carbocycles. The van der Waals surface area contributed by atoms with Crippen molar-refractivity contribution in [3.05, 3.63) is 0 Å². The van der Waals surface area contributed by atoms with E-state index in [1.807, 2.05) is 0 Å². The molecule has 0 aliphatic heterocycles. The molecule has 1 aliphatic carbocycles. The third-order valence-electron chi connectivity index (χ3n) is 2.40. The quantitative estimate of drug-likeness (QED) is 0.586. The molecule has 3 heteroatoms. The van der Waals surface area contributed by atoms with Crippen LogP contribution in [0.5, 0.6) is 0 Å². The molecule has 1 saturated carbocycles. The predicted octanol–water partition coefficient (Wildman–Crippen LogP) is 3.21. The van der Waals surface area contributed by atoms with Crippen molar-refractivity contribution in [2.75, 3.05) is 5.33 Å². The van der Waals surface area contributed by atoms with Crippen LogP contribution < -0.4 is 0 Å². The van der Waals surface area contributed by atoms with Crippen LogP contribution >= 0.6 is 15.9 Å². The van der Waals surface area contributed by atoms with Gasteiger partial charge in [-0.25, -0.2) is 8.78 Å². The fraction of sp³-hybridized carbons (Fsp3) is 1.00. The lowest BCUT2D eigenvalue weighted by Crippen LogP contribution is -2.34. The fourth-order valence-corrected chi connectivity index (χ4v) is 2.04. The Hall–Kier alpha value is 0.340. The molecule has 0 amide bonds. The molecule has 0 N–H and O–H groups in total. The minimum absolute atomic E-state index is 0.0646. The number of halogens is 3. The smallest absolute Gasteiger partial charge is 0.206 e. The highest BCUT2D eigenvalue weighted by Crippen LogP contribution is 2.50. The zero-order chi connectivity index (χ0) is 7.83. The van der Waals surface area contributed by atoms with E-state index in [1.165, 1.54) is 0 Å². The van der Waals surface area contributed by atoms with Crippen LogP contribution in [-0.4, -0.2) is 11.3 Å². The van der Waals surface area contributed by atoms with Crippen LogP contribution in [-0.2, 0) is 0 Å². The molecule has 0 nitrogen and oxygen atoms in total. The topological polar surface area (TPSA) is 0 Å². The standard InChI is InChI=1S/C7H11BrF2/c1-6(5-8)3-2-4-7(6,9)10/h2-5H2,1H3. The molecule has 60 valence electrons. The second-order valence-electron chi connectivity index (χ2n) is 3.25. The van der Waals surface area contributed by atoms with E-state index in [4.69, 9.17) is 0 Å². The normalized spacial score (nSPS) is 38.4. The Morgan fingerprint density at radius 3 is 2.20 bits per heavy atom. The SMILES string of the molecule is CC1(CBr)CCCC1(F)F. The summed E-state index contributed by atoms with van der Waals surface area (Å²) in [5, 5.41) is 0.410. The zero-order valence-electron chi connectivity index (χ0n) is 5.96. The van der Waals surface area contributed by atoms with Gasteiger partial charge < -0.3 is 0 Å². The lowest BCUT2D eigenvalue weighted by Gasteiger charge is -2.28. The van der Waals surface area contributed by atoms with Gasteiger partial charge in [-0.3, -0.25) is 0 Å². The van der Waals surface area contributed by atoms with E-state index in [1.54, 1.807) is 6.92 Å². The van der Waals surface area contributed by atoms with Crippen molar-refractivity contribution in [2.45, 2.75) is 32.1 Å². The van der Waals surface area contributed by atoms with Crippen LogP contribution in [0.25, 0.3) is 0 Å². The van der Waals surface area contributed by atoms with Gasteiger partial charge in [0.2, 0.25) is 0 Å². The number of rotatable bonds is 1. The molecule has 0 spiro atoms. The summed E-state index contributed by atoms with van der Waals surface area (Å²) in [7, 11) is 0. The first kappa shape index (κ1) is 8.44. The Labute approximate surface area is 68.1 Å². The first-order valence-electron chi connectivity index (χ1n) is 3.46. The molecule has 0 radical (unpaired) electrons. The van der Waals surface area contributed by atoms with Crippen LogP contribution in [0.4, 0.5) is 8.78 Å². The summed E-state index contributed by atoms with van der Waals surface area (Å²) in [6.07, 6.45) is 1.37. The van der Waals surface area contributed by atoms with Crippen molar-refractivity contribution in [1.82, 2.24) is 0 Å². The molecular weight excluding hydrogens is 202 g/mol. The molecule has 0 saturated heterocycles. The minimum atomic E-state index is -2.45. The zero-order valence-corrected chi connectivity index (χ0v) is 7.55. The number of hydrogen-bond donors (Lipinski definition) is 0. The van der Waals surface area contributed by atoms with Gasteiger partial charge in [-0.1, -0.05) is 22.9 Å². The molecule has 1 fully saturated rings. The highest BCUT2D eigenvalue weighted by atomic mass is 79.9. The van der Waals surface area contributed by atoms with E-state index < -0.39 is 11.3 Å². The molecule has 1 aliphatic rings. The van der Waals surface area contributed by atoms with Crippen molar-refractivity contribution < 1.29 is 8.78 Å². The highest BCUT2D eigenvalue weighted by molar-refractivity contribution is 9.09. The Balaban J connectivity index is 2.76. The van der Waals surface area contributed by atoms with Gasteiger partial charge in [0.05, 0.1) is 0 Å². The third kappa shape index (κ3) is 1.09. The second kappa shape index (κ2) is 2.43. The maximum absolute atomic E-state index is 13.0. The second-order valence-corrected chi connectivity index (χ2v) is 3.81. The van der Waals surface area contributed by atoms with Crippen LogP contribution in [0.15, 0.2) is 0 Å². The summed E-state index contributed by atoms with van der Waals surface area (Å²) in [6, 6.07) is 0. The van der Waals surface area contributed by atoms with Gasteiger partial charge in [-0.05, 0) is 12.8 Å². The van der Waals surface area contributed by atoms with Crippen molar-refractivity contribution >= 4 is 15.9 Å². The first-order valence-corrected chi connectivity index (χ1v) is 4.58. The van der Waals surface area contributed by atoms with E-state index in [2.05, 4.69) is 15.9 Å². The van der Waals surface area contributed by atoms with Crippen LogP contribution in [0.1, 0.15) is 26.2 Å². The molecule has 1 unspecified atom stereocenters. The summed E-state index contributed by atoms with van der Waals surface area (Å²) in [5.41, 5.74) is -0.785. The van der Waals surface area contributed by atoms with Crippen molar-refractivity contribution in [3.63, 3.8) is 0 Å². The fourth-order valence-electron chi connectivity index (χ4n) is 1.35. The first-order chi connectivity index (χ1) is 4.52. The lowest BCUT2D eigenvalue weighted by molar-refractivity contribution is -0.0772. The number of hydrogen-bond acceptors (Lipinski definition) is 0. The minimum Gasteiger partial charge on any atom is -0.206 e. The van der Waals surface area contributed by atoms with E-state index in [0.717, 1.165) is 0 Å². The molecule has 0 aromatic rings. The molecule has 1 atom stereocenters. The highest BCUT2D eigenvalue weighted by Gasteiger charge is 2.52. The van der Waals surface area contributed by atoms with Crippen LogP contribution in [0.3, 0.4) is 0 Å². The van der Waals surface area contributed by atoms with E-state index in [-0.39, 0.29) is 6.42 Å². The maximum Gasteiger partial charge on any atom is 0.254 e. The largest absolute Gasteiger partial charge is 0.254 e. The Morgan fingerprint density at radius 2 is 2.00 bits per heavy atom. The van der Waals surface area contributed by atoms with Gasteiger partial charge in [0.1, 0.15) is 0 Å². The summed E-state index contributed by atoms with van der Waals surface area (Å²) < 4.78 is 25.9. The summed E-state index contributed by atoms with van der Waals surface area (Å²) >= 11 is 3.13. The molecule has 10 heavy (non-hydrogen) atoms. The Bertz CT molecular complexity index is 136. The Morgan fingerprint density at radius 1 is 1.40 bits per heavy atom. The van der Waals surface area contributed by atoms with Crippen molar-refractivity contribution in [1.29, 1.82) is 0 Å². The van der Waals surface area contributed by atoms with Gasteiger partial charge in [-0.2, -0.15) is 0 Å². The summed E-state index contributed by atoms with van der Waals surface area (Å²) in [5.74, 6) is -2.45. The predicted molar refractivity (Wildman–Crippen MR) is 40.7 cm³/mol. The van der Waals surface area contributed by atoms with Gasteiger partial charge in [0, 0.05) is 17.2 Å². The van der Waals surface area contributed by atoms with Gasteiger partial charge in [0.25, 0.3) is 5.92 Å². The molecule has 0 aromatic heterocycles. The van der Waals surface area contributed by atoms with Gasteiger partial charge in [0.15, 0.2) is 0 Å². The number of alkyl halides is 3. The van der Waals surface area contributed by atoms with Crippen LogP contribution in [0, 0.1) is 5.41 Å². The maximum atomic E-state index is 13.0. The summed E-state index contributed by atoms with van der Waals surface area (Å²) in [6.45, 7) is 1.65. The van der Waals surface area contributed by atoms with Crippen molar-refractivity contribution in [2.24, 2.45) is 5.41 Å². The average Bonchev–Trinajstić information content (AvgIpc) is 2.10. The van der Waals surface area contributed by atoms with E-state index >= 15 is 0 Å². The molecule has 0 heterocycles. The monoisotopic (exact) mass is 212 g/mol. The molecule has 1 rings (SSSR count). The third-order valence-corrected chi connectivity index (χ3v) is 3.63. The molecule has 0 bridgehead atoms.